The van der Waals surface area contributed by atoms with E-state index >= 15 is 0 Å². The molecule has 2 aromatic carbocycles. The smallest absolute Gasteiger partial charge is 0.129 e. The lowest BCUT2D eigenvalue weighted by molar-refractivity contribution is 0.0853. The van der Waals surface area contributed by atoms with Crippen LogP contribution in [0.3, 0.4) is 0 Å². The minimum atomic E-state index is -0.235. The first-order valence-corrected chi connectivity index (χ1v) is 14.6. The van der Waals surface area contributed by atoms with Crippen molar-refractivity contribution in [2.24, 2.45) is 0 Å². The number of benzene rings is 2. The van der Waals surface area contributed by atoms with Crippen molar-refractivity contribution in [1.82, 2.24) is 9.97 Å². The summed E-state index contributed by atoms with van der Waals surface area (Å²) in [6.45, 7) is 4.03. The Labute approximate surface area is 231 Å². The third-order valence-electron chi connectivity index (χ3n) is 7.27. The SMILES string of the molecule is CCc1ccc(F)cc1SN(COC)c1cccc2c1Cc1cnccc1-c1sc(C3CCOCC3)nc1-2. The third kappa shape index (κ3) is 4.86. The van der Waals surface area contributed by atoms with Gasteiger partial charge in [-0.15, -0.1) is 11.3 Å². The molecule has 38 heavy (non-hydrogen) atoms. The number of aromatic nitrogens is 2. The molecule has 8 heteroatoms. The summed E-state index contributed by atoms with van der Waals surface area (Å²) in [5.41, 5.74) is 7.91. The molecule has 0 radical (unpaired) electrons. The van der Waals surface area contributed by atoms with E-state index in [0.717, 1.165) is 66.3 Å². The van der Waals surface area contributed by atoms with Crippen LogP contribution >= 0.6 is 23.3 Å². The fourth-order valence-corrected chi connectivity index (χ4v) is 7.77. The molecule has 196 valence electrons. The predicted molar refractivity (Wildman–Crippen MR) is 152 cm³/mol. The molecular weight excluding hydrogens is 517 g/mol. The standard InChI is InChI=1S/C30H30FN3O2S2/c1-3-19-7-8-22(31)16-27(19)38-34(18-35-2)26-6-4-5-24-25(26)15-21-17-32-12-9-23(21)29-28(24)33-30(37-29)20-10-13-36-14-11-20/h4-9,12,16-17,20H,3,10-11,13-15,18H2,1-2H3. The number of anilines is 1. The molecule has 2 aromatic heterocycles. The molecule has 4 aromatic rings. The van der Waals surface area contributed by atoms with Crippen LogP contribution in [-0.2, 0) is 22.3 Å². The van der Waals surface area contributed by atoms with Gasteiger partial charge in [0.2, 0.25) is 0 Å². The van der Waals surface area contributed by atoms with Crippen molar-refractivity contribution in [2.75, 3.05) is 31.4 Å². The van der Waals surface area contributed by atoms with Crippen LogP contribution in [0.2, 0.25) is 0 Å². The fraction of sp³-hybridized carbons (Fsp3) is 0.333. The number of fused-ring (bicyclic) bond motifs is 5. The van der Waals surface area contributed by atoms with Crippen LogP contribution in [0.15, 0.2) is 59.8 Å². The topological polar surface area (TPSA) is 47.5 Å². The van der Waals surface area contributed by atoms with Crippen LogP contribution in [-0.4, -0.2) is 37.0 Å². The Morgan fingerprint density at radius 3 is 2.84 bits per heavy atom. The maximum absolute atomic E-state index is 14.3. The normalized spacial score (nSPS) is 14.9. The molecule has 0 saturated carbocycles. The van der Waals surface area contributed by atoms with Gasteiger partial charge in [-0.3, -0.25) is 9.29 Å². The maximum Gasteiger partial charge on any atom is 0.129 e. The Morgan fingerprint density at radius 1 is 1.16 bits per heavy atom. The van der Waals surface area contributed by atoms with Gasteiger partial charge in [-0.05, 0) is 72.2 Å². The largest absolute Gasteiger partial charge is 0.381 e. The molecular formula is C30H30FN3O2S2. The highest BCUT2D eigenvalue weighted by Gasteiger charge is 2.29. The van der Waals surface area contributed by atoms with Crippen molar-refractivity contribution in [1.29, 1.82) is 0 Å². The van der Waals surface area contributed by atoms with E-state index in [2.05, 4.69) is 40.5 Å². The fourth-order valence-electron chi connectivity index (χ4n) is 5.30. The molecule has 0 unspecified atom stereocenters. The molecule has 0 spiro atoms. The molecule has 6 rings (SSSR count). The average Bonchev–Trinajstić information content (AvgIpc) is 3.34. The third-order valence-corrected chi connectivity index (χ3v) is 9.62. The van der Waals surface area contributed by atoms with Gasteiger partial charge in [-0.1, -0.05) is 25.1 Å². The van der Waals surface area contributed by atoms with Crippen LogP contribution in [0.25, 0.3) is 21.7 Å². The van der Waals surface area contributed by atoms with Crippen molar-refractivity contribution >= 4 is 29.0 Å². The van der Waals surface area contributed by atoms with Gasteiger partial charge in [0.05, 0.1) is 21.3 Å². The van der Waals surface area contributed by atoms with Gasteiger partial charge in [0.1, 0.15) is 12.5 Å². The second-order valence-electron chi connectivity index (χ2n) is 9.62. The second-order valence-corrected chi connectivity index (χ2v) is 11.7. The van der Waals surface area contributed by atoms with Gasteiger partial charge in [-0.2, -0.15) is 0 Å². The number of hydrogen-bond donors (Lipinski definition) is 0. The molecule has 1 aliphatic carbocycles. The highest BCUT2D eigenvalue weighted by molar-refractivity contribution is 8.00. The summed E-state index contributed by atoms with van der Waals surface area (Å²) in [6, 6.07) is 13.5. The van der Waals surface area contributed by atoms with Crippen LogP contribution in [0, 0.1) is 5.82 Å². The van der Waals surface area contributed by atoms with Crippen molar-refractivity contribution in [3.8, 4) is 21.7 Å². The number of methoxy groups -OCH3 is 1. The molecule has 0 atom stereocenters. The number of halogens is 1. The van der Waals surface area contributed by atoms with Crippen molar-refractivity contribution < 1.29 is 13.9 Å². The zero-order valence-corrected chi connectivity index (χ0v) is 23.2. The lowest BCUT2D eigenvalue weighted by Gasteiger charge is -2.27. The molecule has 2 aliphatic rings. The van der Waals surface area contributed by atoms with Crippen LogP contribution in [0.4, 0.5) is 10.1 Å². The number of hydrogen-bond acceptors (Lipinski definition) is 7. The van der Waals surface area contributed by atoms with E-state index in [9.17, 15) is 4.39 Å². The Hall–Kier alpha value is -2.78. The van der Waals surface area contributed by atoms with Gasteiger partial charge >= 0.3 is 0 Å². The lowest BCUT2D eigenvalue weighted by Crippen LogP contribution is -2.19. The highest BCUT2D eigenvalue weighted by atomic mass is 32.2. The number of rotatable bonds is 7. The van der Waals surface area contributed by atoms with Crippen LogP contribution in [0.5, 0.6) is 0 Å². The number of ether oxygens (including phenoxy) is 2. The molecule has 3 heterocycles. The van der Waals surface area contributed by atoms with Gasteiger partial charge < -0.3 is 9.47 Å². The summed E-state index contributed by atoms with van der Waals surface area (Å²) < 4.78 is 27.6. The number of thiazole rings is 1. The molecule has 5 nitrogen and oxygen atoms in total. The van der Waals surface area contributed by atoms with E-state index in [1.54, 1.807) is 13.2 Å². The Balaban J connectivity index is 1.48. The van der Waals surface area contributed by atoms with Gasteiger partial charge in [-0.25, -0.2) is 9.37 Å². The summed E-state index contributed by atoms with van der Waals surface area (Å²) in [7, 11) is 1.69. The summed E-state index contributed by atoms with van der Waals surface area (Å²) in [5, 5.41) is 1.19. The van der Waals surface area contributed by atoms with Crippen molar-refractivity contribution in [3.05, 3.63) is 82.4 Å². The van der Waals surface area contributed by atoms with Crippen molar-refractivity contribution in [2.45, 2.75) is 43.4 Å². The van der Waals surface area contributed by atoms with E-state index in [4.69, 9.17) is 14.5 Å². The van der Waals surface area contributed by atoms with Crippen LogP contribution in [0.1, 0.15) is 47.4 Å². The average molecular weight is 548 g/mol. The molecule has 1 aliphatic heterocycles. The predicted octanol–water partition coefficient (Wildman–Crippen LogP) is 7.49. The van der Waals surface area contributed by atoms with E-state index in [0.29, 0.717) is 12.6 Å². The minimum Gasteiger partial charge on any atom is -0.381 e. The van der Waals surface area contributed by atoms with E-state index < -0.39 is 0 Å². The first-order valence-electron chi connectivity index (χ1n) is 13.0. The highest BCUT2D eigenvalue weighted by Crippen LogP contribution is 2.48. The molecule has 1 saturated heterocycles. The summed E-state index contributed by atoms with van der Waals surface area (Å²) in [6.07, 6.45) is 7.43. The Morgan fingerprint density at radius 2 is 2.03 bits per heavy atom. The molecule has 0 bridgehead atoms. The zero-order chi connectivity index (χ0) is 26.1. The Bertz CT molecular complexity index is 1450. The Kier molecular flexibility index (Phi) is 7.48. The van der Waals surface area contributed by atoms with Crippen molar-refractivity contribution in [3.63, 3.8) is 0 Å². The zero-order valence-electron chi connectivity index (χ0n) is 21.6. The van der Waals surface area contributed by atoms with Crippen LogP contribution < -0.4 is 4.31 Å². The lowest BCUT2D eigenvalue weighted by atomic mass is 9.98. The van der Waals surface area contributed by atoms with Gasteiger partial charge in [0.15, 0.2) is 0 Å². The van der Waals surface area contributed by atoms with E-state index in [1.807, 2.05) is 29.8 Å². The summed E-state index contributed by atoms with van der Waals surface area (Å²) >= 11 is 3.34. The molecule has 0 N–H and O–H groups in total. The summed E-state index contributed by atoms with van der Waals surface area (Å²) in [4.78, 5) is 11.9. The summed E-state index contributed by atoms with van der Waals surface area (Å²) in [5.74, 6) is 0.195. The van der Waals surface area contributed by atoms with Gasteiger partial charge in [0, 0.05) is 61.1 Å². The first kappa shape index (κ1) is 25.5. The minimum absolute atomic E-state index is 0.235. The molecule has 0 amide bonds. The quantitative estimate of drug-likeness (QED) is 0.155. The van der Waals surface area contributed by atoms with E-state index in [-0.39, 0.29) is 5.82 Å². The second kappa shape index (κ2) is 11.1. The number of aryl methyl sites for hydroxylation is 1. The molecule has 1 fully saturated rings. The van der Waals surface area contributed by atoms with Gasteiger partial charge in [0.25, 0.3) is 0 Å². The number of pyridine rings is 1. The first-order chi connectivity index (χ1) is 18.7. The monoisotopic (exact) mass is 547 g/mol. The van der Waals surface area contributed by atoms with E-state index in [1.165, 1.54) is 44.6 Å². The number of nitrogens with zero attached hydrogens (tertiary/aromatic N) is 3. The maximum atomic E-state index is 14.3.